The second-order valence-electron chi connectivity index (χ2n) is 3.53. The molecule has 0 bridgehead atoms. The van der Waals surface area contributed by atoms with Crippen molar-refractivity contribution >= 4 is 27.7 Å². The number of carbonyl (C=O) groups is 1. The van der Waals surface area contributed by atoms with Crippen molar-refractivity contribution in [2.45, 2.75) is 20.8 Å². The second kappa shape index (κ2) is 5.07. The lowest BCUT2D eigenvalue weighted by Crippen LogP contribution is -2.09. The number of allylic oxidation sites excluding steroid dienone is 1. The SMILES string of the molecule is CC(C)=CC(=O)Nc1cc(C)c(Br)cn1. The van der Waals surface area contributed by atoms with Gasteiger partial charge in [-0.3, -0.25) is 4.79 Å². The van der Waals surface area contributed by atoms with Crippen LogP contribution < -0.4 is 5.32 Å². The number of anilines is 1. The van der Waals surface area contributed by atoms with Gasteiger partial charge < -0.3 is 5.32 Å². The first-order valence-corrected chi connectivity index (χ1v) is 5.36. The number of halogens is 1. The van der Waals surface area contributed by atoms with Crippen LogP contribution in [0.15, 0.2) is 28.4 Å². The van der Waals surface area contributed by atoms with Crippen LogP contribution >= 0.6 is 15.9 Å². The van der Waals surface area contributed by atoms with Crippen LogP contribution in [0.5, 0.6) is 0 Å². The van der Waals surface area contributed by atoms with E-state index >= 15 is 0 Å². The Morgan fingerprint density at radius 3 is 2.73 bits per heavy atom. The minimum absolute atomic E-state index is 0.149. The van der Waals surface area contributed by atoms with Crippen LogP contribution in [0.4, 0.5) is 5.82 Å². The maximum absolute atomic E-state index is 11.4. The smallest absolute Gasteiger partial charge is 0.249 e. The molecule has 0 radical (unpaired) electrons. The zero-order valence-electron chi connectivity index (χ0n) is 8.97. The number of pyridine rings is 1. The molecular formula is C11H13BrN2O. The molecule has 1 N–H and O–H groups in total. The van der Waals surface area contributed by atoms with E-state index in [-0.39, 0.29) is 5.91 Å². The van der Waals surface area contributed by atoms with Gasteiger partial charge in [-0.15, -0.1) is 0 Å². The van der Waals surface area contributed by atoms with Crippen molar-refractivity contribution in [1.29, 1.82) is 0 Å². The summed E-state index contributed by atoms with van der Waals surface area (Å²) in [6, 6.07) is 1.82. The summed E-state index contributed by atoms with van der Waals surface area (Å²) in [5.41, 5.74) is 2.00. The van der Waals surface area contributed by atoms with Crippen LogP contribution in [-0.4, -0.2) is 10.9 Å². The molecule has 0 aliphatic carbocycles. The Bertz CT molecular complexity index is 409. The summed E-state index contributed by atoms with van der Waals surface area (Å²) < 4.78 is 0.933. The third-order valence-electron chi connectivity index (χ3n) is 1.72. The molecule has 4 heteroatoms. The van der Waals surface area contributed by atoms with Gasteiger partial charge in [-0.25, -0.2) is 4.98 Å². The molecule has 80 valence electrons. The van der Waals surface area contributed by atoms with E-state index in [4.69, 9.17) is 0 Å². The molecule has 0 atom stereocenters. The highest BCUT2D eigenvalue weighted by molar-refractivity contribution is 9.10. The molecule has 0 saturated heterocycles. The van der Waals surface area contributed by atoms with Crippen molar-refractivity contribution in [1.82, 2.24) is 4.98 Å². The first kappa shape index (κ1) is 11.9. The standard InChI is InChI=1S/C11H13BrN2O/c1-7(2)4-11(15)14-10-5-8(3)9(12)6-13-10/h4-6H,1-3H3,(H,13,14,15). The van der Waals surface area contributed by atoms with Gasteiger partial charge in [-0.05, 0) is 48.3 Å². The lowest BCUT2D eigenvalue weighted by atomic mass is 10.3. The largest absolute Gasteiger partial charge is 0.307 e. The number of carbonyl (C=O) groups excluding carboxylic acids is 1. The monoisotopic (exact) mass is 268 g/mol. The molecule has 0 aliphatic heterocycles. The van der Waals surface area contributed by atoms with Crippen LogP contribution in [0, 0.1) is 6.92 Å². The highest BCUT2D eigenvalue weighted by Gasteiger charge is 2.01. The molecule has 1 amide bonds. The fourth-order valence-electron chi connectivity index (χ4n) is 1.03. The van der Waals surface area contributed by atoms with Crippen LogP contribution in [0.1, 0.15) is 19.4 Å². The number of hydrogen-bond acceptors (Lipinski definition) is 2. The molecule has 1 heterocycles. The Balaban J connectivity index is 2.78. The first-order valence-electron chi connectivity index (χ1n) is 4.57. The minimum Gasteiger partial charge on any atom is -0.307 e. The quantitative estimate of drug-likeness (QED) is 0.838. The Labute approximate surface area is 97.7 Å². The third kappa shape index (κ3) is 3.83. The third-order valence-corrected chi connectivity index (χ3v) is 2.55. The molecule has 0 unspecified atom stereocenters. The molecule has 0 spiro atoms. The van der Waals surface area contributed by atoms with Crippen molar-refractivity contribution in [3.8, 4) is 0 Å². The van der Waals surface area contributed by atoms with E-state index in [9.17, 15) is 4.79 Å². The van der Waals surface area contributed by atoms with Gasteiger partial charge in [-0.2, -0.15) is 0 Å². The molecular weight excluding hydrogens is 256 g/mol. The van der Waals surface area contributed by atoms with Crippen molar-refractivity contribution in [3.63, 3.8) is 0 Å². The number of aryl methyl sites for hydroxylation is 1. The Morgan fingerprint density at radius 2 is 2.20 bits per heavy atom. The predicted octanol–water partition coefficient (Wildman–Crippen LogP) is 3.06. The number of nitrogens with one attached hydrogen (secondary N) is 1. The van der Waals surface area contributed by atoms with Gasteiger partial charge in [0, 0.05) is 16.7 Å². The fraction of sp³-hybridized carbons (Fsp3) is 0.273. The number of nitrogens with zero attached hydrogens (tertiary/aromatic N) is 1. The van der Waals surface area contributed by atoms with E-state index in [1.165, 1.54) is 0 Å². The van der Waals surface area contributed by atoms with Gasteiger partial charge in [0.2, 0.25) is 5.91 Å². The van der Waals surface area contributed by atoms with Gasteiger partial charge in [0.15, 0.2) is 0 Å². The number of aromatic nitrogens is 1. The molecule has 1 rings (SSSR count). The van der Waals surface area contributed by atoms with Crippen LogP contribution in [0.2, 0.25) is 0 Å². The summed E-state index contributed by atoms with van der Waals surface area (Å²) >= 11 is 3.35. The second-order valence-corrected chi connectivity index (χ2v) is 4.38. The summed E-state index contributed by atoms with van der Waals surface area (Å²) in [6.45, 7) is 5.70. The Kier molecular flexibility index (Phi) is 4.03. The number of hydrogen-bond donors (Lipinski definition) is 1. The minimum atomic E-state index is -0.149. The van der Waals surface area contributed by atoms with E-state index in [1.807, 2.05) is 26.8 Å². The van der Waals surface area contributed by atoms with E-state index in [1.54, 1.807) is 12.3 Å². The molecule has 0 saturated carbocycles. The summed E-state index contributed by atoms with van der Waals surface area (Å²) in [7, 11) is 0. The van der Waals surface area contributed by atoms with Gasteiger partial charge in [-0.1, -0.05) is 5.57 Å². The summed E-state index contributed by atoms with van der Waals surface area (Å²) in [6.07, 6.45) is 3.21. The van der Waals surface area contributed by atoms with Crippen LogP contribution in [0.25, 0.3) is 0 Å². The highest BCUT2D eigenvalue weighted by atomic mass is 79.9. The molecule has 0 aliphatic rings. The molecule has 15 heavy (non-hydrogen) atoms. The number of rotatable bonds is 2. The van der Waals surface area contributed by atoms with Gasteiger partial charge in [0.05, 0.1) is 0 Å². The topological polar surface area (TPSA) is 42.0 Å². The van der Waals surface area contributed by atoms with Gasteiger partial charge >= 0.3 is 0 Å². The zero-order chi connectivity index (χ0) is 11.4. The average Bonchev–Trinajstić information content (AvgIpc) is 2.10. The molecule has 3 nitrogen and oxygen atoms in total. The Morgan fingerprint density at radius 1 is 1.53 bits per heavy atom. The van der Waals surface area contributed by atoms with E-state index in [2.05, 4.69) is 26.2 Å². The lowest BCUT2D eigenvalue weighted by Gasteiger charge is -2.03. The normalized spacial score (nSPS) is 9.60. The molecule has 1 aromatic heterocycles. The Hall–Kier alpha value is -1.16. The zero-order valence-corrected chi connectivity index (χ0v) is 10.6. The summed E-state index contributed by atoms with van der Waals surface area (Å²) in [5, 5.41) is 2.69. The van der Waals surface area contributed by atoms with Gasteiger partial charge in [0.25, 0.3) is 0 Å². The average molecular weight is 269 g/mol. The van der Waals surface area contributed by atoms with E-state index in [0.29, 0.717) is 5.82 Å². The summed E-state index contributed by atoms with van der Waals surface area (Å²) in [5.74, 6) is 0.419. The van der Waals surface area contributed by atoms with E-state index < -0.39 is 0 Å². The summed E-state index contributed by atoms with van der Waals surface area (Å²) in [4.78, 5) is 15.5. The van der Waals surface area contributed by atoms with E-state index in [0.717, 1.165) is 15.6 Å². The molecule has 1 aromatic rings. The van der Waals surface area contributed by atoms with Crippen LogP contribution in [0.3, 0.4) is 0 Å². The maximum Gasteiger partial charge on any atom is 0.249 e. The van der Waals surface area contributed by atoms with Crippen molar-refractivity contribution in [2.24, 2.45) is 0 Å². The van der Waals surface area contributed by atoms with Crippen molar-refractivity contribution < 1.29 is 4.79 Å². The lowest BCUT2D eigenvalue weighted by molar-refractivity contribution is -0.112. The predicted molar refractivity (Wildman–Crippen MR) is 64.7 cm³/mol. The maximum atomic E-state index is 11.4. The highest BCUT2D eigenvalue weighted by Crippen LogP contribution is 2.17. The molecule has 0 aromatic carbocycles. The van der Waals surface area contributed by atoms with Crippen molar-refractivity contribution in [2.75, 3.05) is 5.32 Å². The van der Waals surface area contributed by atoms with Crippen molar-refractivity contribution in [3.05, 3.63) is 33.9 Å². The first-order chi connectivity index (χ1) is 6.99. The number of amides is 1. The van der Waals surface area contributed by atoms with Gasteiger partial charge in [0.1, 0.15) is 5.82 Å². The molecule has 0 fully saturated rings. The fourth-order valence-corrected chi connectivity index (χ4v) is 1.25. The van der Waals surface area contributed by atoms with Crippen LogP contribution in [-0.2, 0) is 4.79 Å².